The van der Waals surface area contributed by atoms with E-state index >= 15 is 0 Å². The maximum atomic E-state index is 12.9. The van der Waals surface area contributed by atoms with Crippen molar-refractivity contribution in [1.29, 1.82) is 0 Å². The Hall–Kier alpha value is -1.56. The standard InChI is InChI=1S/C10H11FN4S/c1-7-8(16-6-14-7)4-15(2)10-3-9(11)12-5-13-10/h3,5-6H,4H2,1-2H3. The maximum absolute atomic E-state index is 12.9. The summed E-state index contributed by atoms with van der Waals surface area (Å²) >= 11 is 1.59. The number of thiazole rings is 1. The summed E-state index contributed by atoms with van der Waals surface area (Å²) in [5.41, 5.74) is 2.81. The molecule has 0 fully saturated rings. The predicted octanol–water partition coefficient (Wildman–Crippen LogP) is 2.02. The third-order valence-corrected chi connectivity index (χ3v) is 3.16. The zero-order valence-electron chi connectivity index (χ0n) is 9.01. The Morgan fingerprint density at radius 2 is 2.19 bits per heavy atom. The fourth-order valence-electron chi connectivity index (χ4n) is 1.31. The van der Waals surface area contributed by atoms with Crippen LogP contribution in [-0.4, -0.2) is 22.0 Å². The smallest absolute Gasteiger partial charge is 0.218 e. The van der Waals surface area contributed by atoms with Gasteiger partial charge in [0, 0.05) is 18.0 Å². The highest BCUT2D eigenvalue weighted by Gasteiger charge is 2.08. The van der Waals surface area contributed by atoms with Crippen LogP contribution in [0.2, 0.25) is 0 Å². The summed E-state index contributed by atoms with van der Waals surface area (Å²) in [5.74, 6) is 0.0539. The third-order valence-electron chi connectivity index (χ3n) is 2.24. The lowest BCUT2D eigenvalue weighted by atomic mass is 10.3. The molecule has 4 nitrogen and oxygen atoms in total. The largest absolute Gasteiger partial charge is 0.354 e. The molecule has 2 rings (SSSR count). The van der Waals surface area contributed by atoms with Gasteiger partial charge in [0.2, 0.25) is 5.95 Å². The minimum absolute atomic E-state index is 0.516. The predicted molar refractivity (Wildman–Crippen MR) is 60.9 cm³/mol. The molecule has 0 aliphatic carbocycles. The fraction of sp³-hybridized carbons (Fsp3) is 0.300. The van der Waals surface area contributed by atoms with Crippen molar-refractivity contribution in [2.45, 2.75) is 13.5 Å². The topological polar surface area (TPSA) is 41.9 Å². The monoisotopic (exact) mass is 238 g/mol. The molecular weight excluding hydrogens is 227 g/mol. The van der Waals surface area contributed by atoms with Crippen LogP contribution in [0.1, 0.15) is 10.6 Å². The van der Waals surface area contributed by atoms with Gasteiger partial charge in [-0.25, -0.2) is 15.0 Å². The van der Waals surface area contributed by atoms with Crippen LogP contribution in [0, 0.1) is 12.9 Å². The molecule has 84 valence electrons. The van der Waals surface area contributed by atoms with E-state index in [4.69, 9.17) is 0 Å². The Bertz CT molecular complexity index is 485. The first-order valence-corrected chi connectivity index (χ1v) is 5.62. The van der Waals surface area contributed by atoms with E-state index in [1.165, 1.54) is 12.4 Å². The summed E-state index contributed by atoms with van der Waals surface area (Å²) in [7, 11) is 1.86. The number of nitrogens with zero attached hydrogens (tertiary/aromatic N) is 4. The van der Waals surface area contributed by atoms with Crippen LogP contribution >= 0.6 is 11.3 Å². The summed E-state index contributed by atoms with van der Waals surface area (Å²) < 4.78 is 12.9. The highest BCUT2D eigenvalue weighted by molar-refractivity contribution is 7.09. The molecule has 2 aromatic rings. The van der Waals surface area contributed by atoms with Gasteiger partial charge in [-0.05, 0) is 6.92 Å². The molecule has 0 saturated heterocycles. The average Bonchev–Trinajstić information content (AvgIpc) is 2.64. The summed E-state index contributed by atoms with van der Waals surface area (Å²) in [6, 6.07) is 1.32. The molecule has 0 N–H and O–H groups in total. The van der Waals surface area contributed by atoms with E-state index in [0.717, 1.165) is 10.6 Å². The van der Waals surface area contributed by atoms with E-state index < -0.39 is 5.95 Å². The van der Waals surface area contributed by atoms with Gasteiger partial charge in [0.25, 0.3) is 0 Å². The van der Waals surface area contributed by atoms with Crippen LogP contribution in [0.25, 0.3) is 0 Å². The van der Waals surface area contributed by atoms with Crippen molar-refractivity contribution in [2.75, 3.05) is 11.9 Å². The van der Waals surface area contributed by atoms with Gasteiger partial charge < -0.3 is 4.90 Å². The zero-order valence-corrected chi connectivity index (χ0v) is 9.83. The minimum atomic E-state index is -0.516. The summed E-state index contributed by atoms with van der Waals surface area (Å²) in [6.07, 6.45) is 1.22. The molecule has 0 atom stereocenters. The average molecular weight is 238 g/mol. The quantitative estimate of drug-likeness (QED) is 0.767. The molecule has 0 saturated carbocycles. The third kappa shape index (κ3) is 2.33. The zero-order chi connectivity index (χ0) is 11.5. The SMILES string of the molecule is Cc1ncsc1CN(C)c1cc(F)ncn1. The number of rotatable bonds is 3. The van der Waals surface area contributed by atoms with Crippen molar-refractivity contribution in [2.24, 2.45) is 0 Å². The number of halogens is 1. The van der Waals surface area contributed by atoms with Crippen LogP contribution in [-0.2, 0) is 6.54 Å². The van der Waals surface area contributed by atoms with E-state index in [1.54, 1.807) is 16.8 Å². The first-order chi connectivity index (χ1) is 7.66. The van der Waals surface area contributed by atoms with E-state index in [9.17, 15) is 4.39 Å². The fourth-order valence-corrected chi connectivity index (χ4v) is 2.14. The van der Waals surface area contributed by atoms with Crippen molar-refractivity contribution in [3.8, 4) is 0 Å². The molecule has 6 heteroatoms. The lowest BCUT2D eigenvalue weighted by Crippen LogP contribution is -2.17. The summed E-state index contributed by atoms with van der Waals surface area (Å²) in [5, 5.41) is 0. The molecule has 2 heterocycles. The Kier molecular flexibility index (Phi) is 3.09. The van der Waals surface area contributed by atoms with Crippen LogP contribution in [0.5, 0.6) is 0 Å². The lowest BCUT2D eigenvalue weighted by Gasteiger charge is -2.16. The van der Waals surface area contributed by atoms with Crippen LogP contribution in [0.4, 0.5) is 10.2 Å². The number of aromatic nitrogens is 3. The van der Waals surface area contributed by atoms with Gasteiger partial charge in [-0.3, -0.25) is 0 Å². The minimum Gasteiger partial charge on any atom is -0.354 e. The summed E-state index contributed by atoms with van der Waals surface area (Å²) in [4.78, 5) is 14.6. The Morgan fingerprint density at radius 3 is 2.81 bits per heavy atom. The molecule has 0 amide bonds. The Balaban J connectivity index is 2.14. The molecule has 0 aromatic carbocycles. The molecule has 0 spiro atoms. The molecule has 2 aromatic heterocycles. The second-order valence-electron chi connectivity index (χ2n) is 3.42. The second kappa shape index (κ2) is 4.52. The van der Waals surface area contributed by atoms with Crippen molar-refractivity contribution in [1.82, 2.24) is 15.0 Å². The van der Waals surface area contributed by atoms with E-state index in [0.29, 0.717) is 12.4 Å². The first kappa shape index (κ1) is 10.9. The van der Waals surface area contributed by atoms with Gasteiger partial charge in [-0.2, -0.15) is 4.39 Å². The number of aryl methyl sites for hydroxylation is 1. The van der Waals surface area contributed by atoms with Crippen LogP contribution in [0.15, 0.2) is 17.9 Å². The van der Waals surface area contributed by atoms with Crippen LogP contribution < -0.4 is 4.90 Å². The van der Waals surface area contributed by atoms with Gasteiger partial charge in [0.1, 0.15) is 12.1 Å². The van der Waals surface area contributed by atoms with E-state index in [1.807, 2.05) is 18.9 Å². The molecule has 0 radical (unpaired) electrons. The molecular formula is C10H11FN4S. The van der Waals surface area contributed by atoms with Gasteiger partial charge in [-0.1, -0.05) is 0 Å². The summed E-state index contributed by atoms with van der Waals surface area (Å²) in [6.45, 7) is 2.63. The number of hydrogen-bond acceptors (Lipinski definition) is 5. The highest BCUT2D eigenvalue weighted by atomic mass is 32.1. The molecule has 0 aliphatic heterocycles. The van der Waals surface area contributed by atoms with Crippen molar-refractivity contribution in [3.63, 3.8) is 0 Å². The van der Waals surface area contributed by atoms with Gasteiger partial charge >= 0.3 is 0 Å². The van der Waals surface area contributed by atoms with Gasteiger partial charge in [-0.15, -0.1) is 11.3 Å². The van der Waals surface area contributed by atoms with Gasteiger partial charge in [0.05, 0.1) is 17.7 Å². The molecule has 16 heavy (non-hydrogen) atoms. The number of hydrogen-bond donors (Lipinski definition) is 0. The maximum Gasteiger partial charge on any atom is 0.218 e. The van der Waals surface area contributed by atoms with Crippen molar-refractivity contribution >= 4 is 17.2 Å². The van der Waals surface area contributed by atoms with Crippen LogP contribution in [0.3, 0.4) is 0 Å². The van der Waals surface area contributed by atoms with E-state index in [2.05, 4.69) is 15.0 Å². The Labute approximate surface area is 96.8 Å². The van der Waals surface area contributed by atoms with E-state index in [-0.39, 0.29) is 0 Å². The first-order valence-electron chi connectivity index (χ1n) is 4.74. The lowest BCUT2D eigenvalue weighted by molar-refractivity contribution is 0.578. The second-order valence-corrected chi connectivity index (χ2v) is 4.36. The molecule has 0 unspecified atom stereocenters. The van der Waals surface area contributed by atoms with Gasteiger partial charge in [0.15, 0.2) is 0 Å². The number of anilines is 1. The normalized spacial score (nSPS) is 10.4. The van der Waals surface area contributed by atoms with Crippen molar-refractivity contribution in [3.05, 3.63) is 34.4 Å². The highest BCUT2D eigenvalue weighted by Crippen LogP contribution is 2.17. The van der Waals surface area contributed by atoms with Crippen molar-refractivity contribution < 1.29 is 4.39 Å². The molecule has 0 bridgehead atoms. The molecule has 0 aliphatic rings. The Morgan fingerprint density at radius 1 is 1.38 bits per heavy atom.